The van der Waals surface area contributed by atoms with Crippen molar-refractivity contribution in [1.82, 2.24) is 14.7 Å². The Labute approximate surface area is 242 Å². The Hall–Kier alpha value is -3.56. The number of aromatic nitrogens is 3. The van der Waals surface area contributed by atoms with Crippen molar-refractivity contribution in [2.75, 3.05) is 25.7 Å². The summed E-state index contributed by atoms with van der Waals surface area (Å²) in [5.41, 5.74) is 4.94. The molecular weight excluding hydrogens is 532 g/mol. The average molecular weight is 568 g/mol. The van der Waals surface area contributed by atoms with E-state index in [9.17, 15) is 4.79 Å². The Morgan fingerprint density at radius 1 is 1.10 bits per heavy atom. The van der Waals surface area contributed by atoms with Gasteiger partial charge in [-0.3, -0.25) is 4.90 Å². The number of aryl methyl sites for hydroxylation is 2. The van der Waals surface area contributed by atoms with Crippen LogP contribution in [0, 0.1) is 13.8 Å². The van der Waals surface area contributed by atoms with Gasteiger partial charge in [-0.25, -0.2) is 9.78 Å². The average Bonchev–Trinajstić information content (AvgIpc) is 3.51. The van der Waals surface area contributed by atoms with Crippen LogP contribution in [0.15, 0.2) is 40.9 Å². The number of hydrogen-bond donors (Lipinski definition) is 0. The van der Waals surface area contributed by atoms with Crippen LogP contribution in [0.1, 0.15) is 65.6 Å². The summed E-state index contributed by atoms with van der Waals surface area (Å²) in [6.07, 6.45) is 2.31. The molecule has 210 valence electrons. The van der Waals surface area contributed by atoms with Gasteiger partial charge in [0, 0.05) is 30.8 Å². The number of ether oxygens (including phenoxy) is 3. The molecule has 1 aliphatic carbocycles. The molecule has 3 heterocycles. The summed E-state index contributed by atoms with van der Waals surface area (Å²) in [4.78, 5) is 20.1. The molecule has 2 aromatic heterocycles. The third-order valence-electron chi connectivity index (χ3n) is 8.05. The highest BCUT2D eigenvalue weighted by atomic mass is 35.5. The van der Waals surface area contributed by atoms with E-state index in [1.54, 1.807) is 23.1 Å². The van der Waals surface area contributed by atoms with Gasteiger partial charge in [0.25, 0.3) is 0 Å². The number of benzene rings is 2. The number of nitrogens with zero attached hydrogens (tertiary/aromatic N) is 4. The lowest BCUT2D eigenvalue weighted by Crippen LogP contribution is -2.42. The molecule has 0 bridgehead atoms. The van der Waals surface area contributed by atoms with E-state index in [1.165, 1.54) is 7.11 Å². The van der Waals surface area contributed by atoms with E-state index in [0.717, 1.165) is 39.4 Å². The minimum Gasteiger partial charge on any atom is -0.495 e. The van der Waals surface area contributed by atoms with Gasteiger partial charge >= 0.3 is 6.09 Å². The number of amides is 1. The standard InChI is InChI=1S/C30H33ClN4O5/c1-17-28(18(2)40-33-17)19-5-11-25-24(15-19)32-29(34(25)20-6-9-22(37-3)10-7-20)26-13-14-39-30(36)35(26)21-8-12-27(38-4)23(31)16-21/h5,8,11-12,15-16,20,22,26H,6-7,9-10,13-14H2,1-4H3/t20?,22?,26-/m0/s1/i3D3. The summed E-state index contributed by atoms with van der Waals surface area (Å²) in [6, 6.07) is 10.9. The molecule has 2 aromatic carbocycles. The van der Waals surface area contributed by atoms with Gasteiger partial charge in [0.1, 0.15) is 23.4 Å². The van der Waals surface area contributed by atoms with E-state index < -0.39 is 19.2 Å². The molecule has 0 unspecified atom stereocenters. The molecule has 2 fully saturated rings. The Morgan fingerprint density at radius 2 is 1.93 bits per heavy atom. The van der Waals surface area contributed by atoms with Gasteiger partial charge in [-0.05, 0) is 75.4 Å². The predicted molar refractivity (Wildman–Crippen MR) is 152 cm³/mol. The number of halogens is 1. The van der Waals surface area contributed by atoms with E-state index in [4.69, 9.17) is 39.4 Å². The van der Waals surface area contributed by atoms with Crippen molar-refractivity contribution in [1.29, 1.82) is 0 Å². The lowest BCUT2D eigenvalue weighted by Gasteiger charge is -2.37. The zero-order valence-electron chi connectivity index (χ0n) is 25.6. The molecule has 1 amide bonds. The molecule has 9 nitrogen and oxygen atoms in total. The molecule has 0 spiro atoms. The second-order valence-corrected chi connectivity index (χ2v) is 10.8. The second kappa shape index (κ2) is 10.8. The second-order valence-electron chi connectivity index (χ2n) is 10.4. The van der Waals surface area contributed by atoms with Crippen LogP contribution in [0.3, 0.4) is 0 Å². The van der Waals surface area contributed by atoms with Crippen LogP contribution in [-0.4, -0.2) is 47.7 Å². The fraction of sp³-hybridized carbons (Fsp3) is 0.433. The number of hydrogen-bond acceptors (Lipinski definition) is 7. The smallest absolute Gasteiger partial charge is 0.414 e. The third kappa shape index (κ3) is 4.61. The Kier molecular flexibility index (Phi) is 6.25. The van der Waals surface area contributed by atoms with Crippen molar-refractivity contribution in [2.45, 2.75) is 64.1 Å². The first-order valence-corrected chi connectivity index (χ1v) is 13.8. The number of anilines is 1. The van der Waals surface area contributed by atoms with Crippen LogP contribution in [0.5, 0.6) is 5.75 Å². The van der Waals surface area contributed by atoms with E-state index in [1.807, 2.05) is 32.0 Å². The van der Waals surface area contributed by atoms with E-state index in [-0.39, 0.29) is 18.8 Å². The fourth-order valence-corrected chi connectivity index (χ4v) is 6.38. The summed E-state index contributed by atoms with van der Waals surface area (Å²) in [5, 5.41) is 4.49. The number of carbonyl (C=O) groups excluding carboxylic acids is 1. The summed E-state index contributed by atoms with van der Waals surface area (Å²) in [6.45, 7) is 4.04. The van der Waals surface area contributed by atoms with Gasteiger partial charge in [-0.2, -0.15) is 0 Å². The molecule has 0 radical (unpaired) electrons. The first-order chi connectivity index (χ1) is 20.5. The minimum absolute atomic E-state index is 0.0283. The SMILES string of the molecule is [2H]C([2H])([2H])OC1CCC(n2c([C@@H]3CCOC(=O)N3c3ccc(OC)c(Cl)c3)nc3cc(-c4c(C)noc4C)ccc32)CC1. The van der Waals surface area contributed by atoms with E-state index in [2.05, 4.69) is 9.72 Å². The van der Waals surface area contributed by atoms with Crippen LogP contribution in [0.2, 0.25) is 5.02 Å². The first kappa shape index (κ1) is 23.2. The predicted octanol–water partition coefficient (Wildman–Crippen LogP) is 7.19. The maximum atomic E-state index is 13.3. The van der Waals surface area contributed by atoms with Crippen LogP contribution < -0.4 is 9.64 Å². The van der Waals surface area contributed by atoms with Gasteiger partial charge in [0.15, 0.2) is 0 Å². The Morgan fingerprint density at radius 3 is 2.62 bits per heavy atom. The first-order valence-electron chi connectivity index (χ1n) is 15.0. The molecule has 1 atom stereocenters. The van der Waals surface area contributed by atoms with Crippen LogP contribution in [-0.2, 0) is 9.47 Å². The zero-order valence-corrected chi connectivity index (χ0v) is 23.4. The van der Waals surface area contributed by atoms with Crippen LogP contribution in [0.4, 0.5) is 10.5 Å². The molecule has 10 heteroatoms. The minimum atomic E-state index is -2.43. The van der Waals surface area contributed by atoms with E-state index in [0.29, 0.717) is 48.6 Å². The molecule has 4 aromatic rings. The Balaban J connectivity index is 1.45. The maximum absolute atomic E-state index is 13.3. The molecule has 2 aliphatic rings. The number of carbonyl (C=O) groups is 1. The summed E-state index contributed by atoms with van der Waals surface area (Å²) < 4.78 is 46.4. The zero-order chi connectivity index (χ0) is 30.5. The quantitative estimate of drug-likeness (QED) is 0.243. The topological polar surface area (TPSA) is 91.9 Å². The molecule has 1 saturated heterocycles. The molecule has 1 aliphatic heterocycles. The number of methoxy groups -OCH3 is 2. The van der Waals surface area contributed by atoms with E-state index >= 15 is 0 Å². The summed E-state index contributed by atoms with van der Waals surface area (Å²) in [5.74, 6) is 1.96. The number of imidazole rings is 1. The highest BCUT2D eigenvalue weighted by Gasteiger charge is 2.38. The highest BCUT2D eigenvalue weighted by Crippen LogP contribution is 2.42. The molecule has 1 saturated carbocycles. The van der Waals surface area contributed by atoms with Gasteiger partial charge in [-0.15, -0.1) is 0 Å². The van der Waals surface area contributed by atoms with Crippen molar-refractivity contribution in [2.24, 2.45) is 0 Å². The monoisotopic (exact) mass is 567 g/mol. The van der Waals surface area contributed by atoms with Gasteiger partial charge < -0.3 is 23.3 Å². The fourth-order valence-electron chi connectivity index (χ4n) is 6.13. The van der Waals surface area contributed by atoms with Crippen molar-refractivity contribution < 1.29 is 27.6 Å². The summed E-state index contributed by atoms with van der Waals surface area (Å²) >= 11 is 6.47. The number of rotatable bonds is 6. The lowest BCUT2D eigenvalue weighted by molar-refractivity contribution is 0.0582. The van der Waals surface area contributed by atoms with Gasteiger partial charge in [0.2, 0.25) is 0 Å². The molecule has 0 N–H and O–H groups in total. The van der Waals surface area contributed by atoms with Crippen molar-refractivity contribution >= 4 is 34.4 Å². The van der Waals surface area contributed by atoms with Crippen molar-refractivity contribution in [3.05, 3.63) is 58.7 Å². The Bertz CT molecular complexity index is 1640. The maximum Gasteiger partial charge on any atom is 0.414 e. The molecule has 40 heavy (non-hydrogen) atoms. The van der Waals surface area contributed by atoms with Crippen molar-refractivity contribution in [3.8, 4) is 16.9 Å². The highest BCUT2D eigenvalue weighted by molar-refractivity contribution is 6.32. The van der Waals surface area contributed by atoms with Crippen LogP contribution in [0.25, 0.3) is 22.2 Å². The normalized spacial score (nSPS) is 23.0. The lowest BCUT2D eigenvalue weighted by atomic mass is 9.92. The third-order valence-corrected chi connectivity index (χ3v) is 8.35. The molecule has 6 rings (SSSR count). The molecular formula is C30H33ClN4O5. The number of fused-ring (bicyclic) bond motifs is 1. The van der Waals surface area contributed by atoms with Crippen molar-refractivity contribution in [3.63, 3.8) is 0 Å². The largest absolute Gasteiger partial charge is 0.495 e. The van der Waals surface area contributed by atoms with Gasteiger partial charge in [0.05, 0.1) is 45.7 Å². The van der Waals surface area contributed by atoms with Gasteiger partial charge in [-0.1, -0.05) is 22.8 Å². The summed E-state index contributed by atoms with van der Waals surface area (Å²) in [7, 11) is -0.891. The van der Waals surface area contributed by atoms with Crippen LogP contribution >= 0.6 is 11.6 Å². The number of cyclic esters (lactones) is 1.